The highest BCUT2D eigenvalue weighted by Gasteiger charge is 2.21. The van der Waals surface area contributed by atoms with Crippen molar-refractivity contribution in [2.75, 3.05) is 7.11 Å². The molecule has 0 radical (unpaired) electrons. The third-order valence-corrected chi connectivity index (χ3v) is 4.97. The molecule has 0 aliphatic rings. The minimum absolute atomic E-state index is 0.0415. The van der Waals surface area contributed by atoms with E-state index in [1.807, 2.05) is 6.92 Å². The lowest BCUT2D eigenvalue weighted by Crippen LogP contribution is -2.14. The van der Waals surface area contributed by atoms with Gasteiger partial charge in [0, 0.05) is 11.5 Å². The first-order valence-electron chi connectivity index (χ1n) is 6.47. The van der Waals surface area contributed by atoms with Crippen LogP contribution in [0.2, 0.25) is 0 Å². The molecule has 0 N–H and O–H groups in total. The van der Waals surface area contributed by atoms with Crippen LogP contribution in [0.4, 0.5) is 4.39 Å². The van der Waals surface area contributed by atoms with Crippen molar-refractivity contribution >= 4 is 20.9 Å². The Bertz CT molecular complexity index is 947. The predicted octanol–water partition coefficient (Wildman–Crippen LogP) is 2.73. The number of halogens is 1. The van der Waals surface area contributed by atoms with E-state index in [1.54, 1.807) is 12.1 Å². The molecule has 22 heavy (non-hydrogen) atoms. The number of methoxy groups -OCH3 is 1. The summed E-state index contributed by atoms with van der Waals surface area (Å²) in [5.74, 6) is -0.601. The van der Waals surface area contributed by atoms with Crippen molar-refractivity contribution in [1.82, 2.24) is 9.19 Å². The van der Waals surface area contributed by atoms with E-state index < -0.39 is 15.8 Å². The SMILES string of the molecule is COc1cc2cnn(S(=O)(=O)c3ccc(C)cc3)c2cc1F. The summed E-state index contributed by atoms with van der Waals surface area (Å²) >= 11 is 0. The van der Waals surface area contributed by atoms with Crippen LogP contribution in [0.15, 0.2) is 47.5 Å². The largest absolute Gasteiger partial charge is 0.494 e. The molecule has 0 atom stereocenters. The maximum absolute atomic E-state index is 13.9. The quantitative estimate of drug-likeness (QED) is 0.744. The molecule has 0 saturated heterocycles. The van der Waals surface area contributed by atoms with Crippen molar-refractivity contribution in [2.24, 2.45) is 0 Å². The van der Waals surface area contributed by atoms with Gasteiger partial charge >= 0.3 is 0 Å². The van der Waals surface area contributed by atoms with E-state index in [1.165, 1.54) is 31.5 Å². The molecular weight excluding hydrogens is 307 g/mol. The Balaban J connectivity index is 2.21. The molecule has 0 spiro atoms. The number of nitrogens with zero attached hydrogens (tertiary/aromatic N) is 2. The Morgan fingerprint density at radius 3 is 2.50 bits per heavy atom. The van der Waals surface area contributed by atoms with Crippen LogP contribution >= 0.6 is 0 Å². The fraction of sp³-hybridized carbons (Fsp3) is 0.133. The molecule has 0 amide bonds. The average Bonchev–Trinajstić information content (AvgIpc) is 2.90. The van der Waals surface area contributed by atoms with Gasteiger partial charge in [0.2, 0.25) is 0 Å². The van der Waals surface area contributed by atoms with E-state index in [9.17, 15) is 12.8 Å². The second-order valence-electron chi connectivity index (χ2n) is 4.85. The van der Waals surface area contributed by atoms with Gasteiger partial charge in [0.05, 0.1) is 23.7 Å². The van der Waals surface area contributed by atoms with Crippen molar-refractivity contribution in [1.29, 1.82) is 0 Å². The van der Waals surface area contributed by atoms with Crippen molar-refractivity contribution in [3.05, 3.63) is 54.0 Å². The summed E-state index contributed by atoms with van der Waals surface area (Å²) in [6, 6.07) is 8.91. The summed E-state index contributed by atoms with van der Waals surface area (Å²) < 4.78 is 44.8. The van der Waals surface area contributed by atoms with Crippen LogP contribution < -0.4 is 4.74 Å². The van der Waals surface area contributed by atoms with Crippen LogP contribution in [0.5, 0.6) is 5.75 Å². The van der Waals surface area contributed by atoms with Gasteiger partial charge in [-0.3, -0.25) is 0 Å². The molecular formula is C15H13FN2O3S. The van der Waals surface area contributed by atoms with E-state index in [2.05, 4.69) is 5.10 Å². The standard InChI is InChI=1S/C15H13FN2O3S/c1-10-3-5-12(6-4-10)22(19,20)18-14-8-13(16)15(21-2)7-11(14)9-17-18/h3-9H,1-2H3. The summed E-state index contributed by atoms with van der Waals surface area (Å²) in [7, 11) is -2.53. The maximum Gasteiger partial charge on any atom is 0.283 e. The fourth-order valence-corrected chi connectivity index (χ4v) is 3.43. The van der Waals surface area contributed by atoms with Crippen LogP contribution in [0.3, 0.4) is 0 Å². The van der Waals surface area contributed by atoms with Gasteiger partial charge in [0.25, 0.3) is 10.0 Å². The Kier molecular flexibility index (Phi) is 3.37. The second kappa shape index (κ2) is 5.10. The van der Waals surface area contributed by atoms with Crippen LogP contribution in [0.25, 0.3) is 10.9 Å². The Labute approximate surface area is 127 Å². The highest BCUT2D eigenvalue weighted by molar-refractivity contribution is 7.90. The number of ether oxygens (including phenoxy) is 1. The number of aryl methyl sites for hydroxylation is 1. The average molecular weight is 320 g/mol. The maximum atomic E-state index is 13.9. The first kappa shape index (κ1) is 14.5. The zero-order valence-electron chi connectivity index (χ0n) is 11.9. The normalized spacial score (nSPS) is 11.8. The number of aromatic nitrogens is 2. The van der Waals surface area contributed by atoms with Gasteiger partial charge in [-0.2, -0.15) is 17.6 Å². The van der Waals surface area contributed by atoms with E-state index in [4.69, 9.17) is 4.74 Å². The summed E-state index contributed by atoms with van der Waals surface area (Å²) in [5, 5.41) is 4.37. The molecule has 114 valence electrons. The fourth-order valence-electron chi connectivity index (χ4n) is 2.16. The lowest BCUT2D eigenvalue weighted by Gasteiger charge is -2.07. The summed E-state index contributed by atoms with van der Waals surface area (Å²) in [5.41, 5.74) is 1.11. The zero-order chi connectivity index (χ0) is 15.9. The van der Waals surface area contributed by atoms with Gasteiger partial charge in [-0.15, -0.1) is 0 Å². The monoisotopic (exact) mass is 320 g/mol. The minimum Gasteiger partial charge on any atom is -0.494 e. The molecule has 3 rings (SSSR count). The van der Waals surface area contributed by atoms with Gasteiger partial charge < -0.3 is 4.74 Å². The molecule has 0 fully saturated rings. The van der Waals surface area contributed by atoms with Crippen LogP contribution in [-0.2, 0) is 10.0 Å². The number of hydrogen-bond donors (Lipinski definition) is 0. The highest BCUT2D eigenvalue weighted by atomic mass is 32.2. The first-order valence-corrected chi connectivity index (χ1v) is 7.91. The third kappa shape index (κ3) is 2.23. The number of benzene rings is 2. The molecule has 1 heterocycles. The number of fused-ring (bicyclic) bond motifs is 1. The zero-order valence-corrected chi connectivity index (χ0v) is 12.8. The van der Waals surface area contributed by atoms with E-state index >= 15 is 0 Å². The van der Waals surface area contributed by atoms with Crippen molar-refractivity contribution < 1.29 is 17.5 Å². The molecule has 1 aromatic heterocycles. The molecule has 0 aliphatic heterocycles. The minimum atomic E-state index is -3.88. The molecule has 0 bridgehead atoms. The van der Waals surface area contributed by atoms with Crippen LogP contribution in [-0.4, -0.2) is 24.7 Å². The topological polar surface area (TPSA) is 61.2 Å². The molecule has 0 aliphatic carbocycles. The lowest BCUT2D eigenvalue weighted by atomic mass is 10.2. The van der Waals surface area contributed by atoms with Gasteiger partial charge in [-0.25, -0.2) is 4.39 Å². The molecule has 3 aromatic rings. The van der Waals surface area contributed by atoms with Crippen molar-refractivity contribution in [3.63, 3.8) is 0 Å². The molecule has 2 aromatic carbocycles. The van der Waals surface area contributed by atoms with Gasteiger partial charge in [0.1, 0.15) is 0 Å². The van der Waals surface area contributed by atoms with Crippen LogP contribution in [0, 0.1) is 12.7 Å². The third-order valence-electron chi connectivity index (χ3n) is 3.36. The van der Waals surface area contributed by atoms with Crippen LogP contribution in [0.1, 0.15) is 5.56 Å². The second-order valence-corrected chi connectivity index (χ2v) is 6.62. The van der Waals surface area contributed by atoms with E-state index in [0.29, 0.717) is 5.39 Å². The van der Waals surface area contributed by atoms with Gasteiger partial charge in [-0.1, -0.05) is 17.7 Å². The number of rotatable bonds is 3. The Morgan fingerprint density at radius 1 is 1.18 bits per heavy atom. The van der Waals surface area contributed by atoms with Crippen molar-refractivity contribution in [2.45, 2.75) is 11.8 Å². The van der Waals surface area contributed by atoms with Crippen molar-refractivity contribution in [3.8, 4) is 5.75 Å². The molecule has 5 nitrogen and oxygen atoms in total. The predicted molar refractivity (Wildman–Crippen MR) is 80.0 cm³/mol. The smallest absolute Gasteiger partial charge is 0.283 e. The Morgan fingerprint density at radius 2 is 1.86 bits per heavy atom. The summed E-state index contributed by atoms with van der Waals surface area (Å²) in [6.45, 7) is 1.86. The molecule has 0 saturated carbocycles. The van der Waals surface area contributed by atoms with E-state index in [0.717, 1.165) is 15.7 Å². The number of hydrogen-bond acceptors (Lipinski definition) is 4. The van der Waals surface area contributed by atoms with Gasteiger partial charge in [0.15, 0.2) is 11.6 Å². The highest BCUT2D eigenvalue weighted by Crippen LogP contribution is 2.26. The summed E-state index contributed by atoms with van der Waals surface area (Å²) in [6.07, 6.45) is 1.36. The van der Waals surface area contributed by atoms with Gasteiger partial charge in [-0.05, 0) is 25.1 Å². The molecule has 0 unspecified atom stereocenters. The summed E-state index contributed by atoms with van der Waals surface area (Å²) in [4.78, 5) is 0.0966. The van der Waals surface area contributed by atoms with E-state index in [-0.39, 0.29) is 16.2 Å². The lowest BCUT2D eigenvalue weighted by molar-refractivity contribution is 0.387. The first-order chi connectivity index (χ1) is 10.4. The molecule has 7 heteroatoms. The Hall–Kier alpha value is -2.41.